The van der Waals surface area contributed by atoms with E-state index in [9.17, 15) is 4.79 Å². The topological polar surface area (TPSA) is 159 Å². The smallest absolute Gasteiger partial charge is 0.394 e. The van der Waals surface area contributed by atoms with E-state index in [2.05, 4.69) is 21.1 Å². The number of anilines is 1. The molecule has 4 N–H and O–H groups in total. The summed E-state index contributed by atoms with van der Waals surface area (Å²) in [6, 6.07) is 30.8. The molecule has 0 radical (unpaired) electrons. The molecule has 0 saturated heterocycles. The fraction of sp³-hybridized carbons (Fsp3) is 0.0645. The Kier molecular flexibility index (Phi) is 10.0. The molecule has 0 saturated carbocycles. The number of amides is 1. The second-order valence-corrected chi connectivity index (χ2v) is 9.80. The van der Waals surface area contributed by atoms with Crippen molar-refractivity contribution in [2.45, 2.75) is 0 Å². The van der Waals surface area contributed by atoms with Crippen molar-refractivity contribution in [2.24, 2.45) is 10.2 Å². The van der Waals surface area contributed by atoms with Gasteiger partial charge in [0.1, 0.15) is 11.5 Å². The number of methoxy groups -OCH3 is 2. The molecular formula is C31H28N4O7S. The van der Waals surface area contributed by atoms with Gasteiger partial charge in [0.05, 0.1) is 32.3 Å². The highest BCUT2D eigenvalue weighted by Crippen LogP contribution is 2.27. The summed E-state index contributed by atoms with van der Waals surface area (Å²) in [6.07, 6.45) is 3.34. The van der Waals surface area contributed by atoms with Crippen molar-refractivity contribution in [2.75, 3.05) is 19.6 Å². The number of hydrazone groups is 2. The molecule has 0 bridgehead atoms. The fourth-order valence-corrected chi connectivity index (χ4v) is 4.26. The van der Waals surface area contributed by atoms with Crippen LogP contribution in [0.2, 0.25) is 0 Å². The third-order valence-electron chi connectivity index (χ3n) is 6.20. The normalized spacial score (nSPS) is 11.3. The number of benzene rings is 5. The van der Waals surface area contributed by atoms with E-state index in [4.69, 9.17) is 27.0 Å². The molecule has 11 nitrogen and oxygen atoms in total. The van der Waals surface area contributed by atoms with E-state index in [1.807, 2.05) is 72.8 Å². The van der Waals surface area contributed by atoms with E-state index in [0.717, 1.165) is 44.1 Å². The summed E-state index contributed by atoms with van der Waals surface area (Å²) in [5, 5.41) is 12.7. The molecule has 0 spiro atoms. The molecule has 5 rings (SSSR count). The second-order valence-electron chi connectivity index (χ2n) is 8.90. The Bertz CT molecular complexity index is 1900. The molecular weight excluding hydrogens is 572 g/mol. The van der Waals surface area contributed by atoms with Gasteiger partial charge in [-0.15, -0.1) is 0 Å². The maximum atomic E-state index is 12.6. The van der Waals surface area contributed by atoms with E-state index in [1.165, 1.54) is 0 Å². The van der Waals surface area contributed by atoms with Gasteiger partial charge in [-0.25, -0.2) is 5.43 Å². The van der Waals surface area contributed by atoms with Crippen molar-refractivity contribution in [1.29, 1.82) is 0 Å². The van der Waals surface area contributed by atoms with Gasteiger partial charge < -0.3 is 9.47 Å². The summed E-state index contributed by atoms with van der Waals surface area (Å²) in [5.41, 5.74) is 8.48. The Labute approximate surface area is 248 Å². The third-order valence-corrected chi connectivity index (χ3v) is 6.20. The molecule has 12 heteroatoms. The predicted octanol–water partition coefficient (Wildman–Crippen LogP) is 5.57. The fourth-order valence-electron chi connectivity index (χ4n) is 4.26. The van der Waals surface area contributed by atoms with Crippen molar-refractivity contribution in [1.82, 2.24) is 5.43 Å². The van der Waals surface area contributed by atoms with Crippen molar-refractivity contribution in [3.63, 3.8) is 0 Å². The third kappa shape index (κ3) is 8.36. The highest BCUT2D eigenvalue weighted by molar-refractivity contribution is 7.79. The summed E-state index contributed by atoms with van der Waals surface area (Å²) in [6.45, 7) is 0. The summed E-state index contributed by atoms with van der Waals surface area (Å²) in [5.74, 6) is 1.10. The van der Waals surface area contributed by atoms with Gasteiger partial charge in [0.25, 0.3) is 5.91 Å². The van der Waals surface area contributed by atoms with Crippen LogP contribution in [0.3, 0.4) is 0 Å². The molecule has 43 heavy (non-hydrogen) atoms. The zero-order chi connectivity index (χ0) is 30.8. The lowest BCUT2D eigenvalue weighted by atomic mass is 10.0. The van der Waals surface area contributed by atoms with Crippen molar-refractivity contribution in [3.05, 3.63) is 114 Å². The Hall–Kier alpha value is -5.30. The van der Waals surface area contributed by atoms with Crippen LogP contribution in [-0.2, 0) is 10.4 Å². The molecule has 0 aliphatic carbocycles. The number of hydrogen-bond donors (Lipinski definition) is 4. The lowest BCUT2D eigenvalue weighted by molar-refractivity contribution is 0.0955. The monoisotopic (exact) mass is 600 g/mol. The molecule has 5 aromatic rings. The van der Waals surface area contributed by atoms with E-state index >= 15 is 0 Å². The van der Waals surface area contributed by atoms with Gasteiger partial charge in [0.2, 0.25) is 0 Å². The van der Waals surface area contributed by atoms with Gasteiger partial charge in [-0.05, 0) is 57.9 Å². The van der Waals surface area contributed by atoms with Crippen molar-refractivity contribution < 1.29 is 31.8 Å². The zero-order valence-electron chi connectivity index (χ0n) is 23.1. The number of carbonyl (C=O) groups is 1. The summed E-state index contributed by atoms with van der Waals surface area (Å²) in [4.78, 5) is 12.6. The average molecular weight is 601 g/mol. The van der Waals surface area contributed by atoms with E-state index in [-0.39, 0.29) is 5.91 Å². The van der Waals surface area contributed by atoms with Crippen LogP contribution in [0.4, 0.5) is 5.69 Å². The molecule has 5 aromatic carbocycles. The Morgan fingerprint density at radius 2 is 1.16 bits per heavy atom. The first kappa shape index (κ1) is 30.7. The van der Waals surface area contributed by atoms with Gasteiger partial charge in [0.15, 0.2) is 0 Å². The first-order valence-electron chi connectivity index (χ1n) is 12.7. The van der Waals surface area contributed by atoms with Crippen LogP contribution < -0.4 is 20.3 Å². The van der Waals surface area contributed by atoms with Gasteiger partial charge in [-0.2, -0.15) is 18.6 Å². The molecule has 0 aliphatic heterocycles. The quantitative estimate of drug-likeness (QED) is 0.102. The molecule has 0 heterocycles. The molecule has 220 valence electrons. The van der Waals surface area contributed by atoms with Crippen LogP contribution in [0.5, 0.6) is 11.5 Å². The van der Waals surface area contributed by atoms with E-state index in [1.54, 1.807) is 50.9 Å². The van der Waals surface area contributed by atoms with Crippen LogP contribution in [0, 0.1) is 0 Å². The van der Waals surface area contributed by atoms with Crippen LogP contribution >= 0.6 is 0 Å². The molecule has 0 fully saturated rings. The molecule has 0 atom stereocenters. The molecule has 0 aromatic heterocycles. The lowest BCUT2D eigenvalue weighted by Gasteiger charge is -2.09. The lowest BCUT2D eigenvalue weighted by Crippen LogP contribution is -2.17. The first-order chi connectivity index (χ1) is 20.7. The van der Waals surface area contributed by atoms with Gasteiger partial charge >= 0.3 is 10.4 Å². The standard InChI is InChI=1S/C31H26N4O3.H2O4S/c1-37-29-17-13-21-7-3-5-9-25(21)27(29)19-32-34-24-15-11-23(12-16-24)31(36)35-33-20-28-26-10-6-4-8-22(26)14-18-30(28)38-2;1-5(2,3)4/h3-20,34H,1-2H3,(H,35,36);(H2,1,2,3,4). The van der Waals surface area contributed by atoms with Crippen LogP contribution in [-0.4, -0.2) is 50.1 Å². The molecule has 0 aliphatic rings. The number of rotatable bonds is 8. The number of nitrogens with zero attached hydrogens (tertiary/aromatic N) is 2. The molecule has 0 unspecified atom stereocenters. The van der Waals surface area contributed by atoms with Gasteiger partial charge in [-0.1, -0.05) is 60.7 Å². The summed E-state index contributed by atoms with van der Waals surface area (Å²) < 4.78 is 42.6. The minimum atomic E-state index is -4.67. The van der Waals surface area contributed by atoms with E-state index < -0.39 is 10.4 Å². The van der Waals surface area contributed by atoms with Crippen LogP contribution in [0.1, 0.15) is 21.5 Å². The molecule has 1 amide bonds. The van der Waals surface area contributed by atoms with Gasteiger partial charge in [-0.3, -0.25) is 19.3 Å². The zero-order valence-corrected chi connectivity index (χ0v) is 23.9. The minimum absolute atomic E-state index is 0.323. The Balaban J connectivity index is 0.000000782. The average Bonchev–Trinajstić information content (AvgIpc) is 3.00. The largest absolute Gasteiger partial charge is 0.496 e. The number of carbonyl (C=O) groups excluding carboxylic acids is 1. The van der Waals surface area contributed by atoms with Crippen LogP contribution in [0.25, 0.3) is 21.5 Å². The minimum Gasteiger partial charge on any atom is -0.496 e. The maximum absolute atomic E-state index is 12.6. The first-order valence-corrected chi connectivity index (χ1v) is 14.1. The predicted molar refractivity (Wildman–Crippen MR) is 168 cm³/mol. The Morgan fingerprint density at radius 1 is 0.698 bits per heavy atom. The SMILES string of the molecule is COc1ccc2ccccc2c1C=NNC(=O)c1ccc(NN=Cc2c(OC)ccc3ccccc23)cc1.O=S(=O)(O)O. The number of ether oxygens (including phenoxy) is 2. The highest BCUT2D eigenvalue weighted by atomic mass is 32.3. The maximum Gasteiger partial charge on any atom is 0.394 e. The number of fused-ring (bicyclic) bond motifs is 2. The van der Waals surface area contributed by atoms with E-state index in [0.29, 0.717) is 11.3 Å². The van der Waals surface area contributed by atoms with Crippen molar-refractivity contribution >= 4 is 56.0 Å². The Morgan fingerprint density at radius 3 is 1.65 bits per heavy atom. The van der Waals surface area contributed by atoms with Crippen molar-refractivity contribution in [3.8, 4) is 11.5 Å². The summed E-state index contributed by atoms with van der Waals surface area (Å²) in [7, 11) is -1.42. The van der Waals surface area contributed by atoms with Crippen LogP contribution in [0.15, 0.2) is 107 Å². The number of nitrogens with one attached hydrogen (secondary N) is 2. The number of hydrogen-bond acceptors (Lipinski definition) is 8. The second kappa shape index (κ2) is 14.0. The van der Waals surface area contributed by atoms with Gasteiger partial charge in [0, 0.05) is 16.7 Å². The summed E-state index contributed by atoms with van der Waals surface area (Å²) >= 11 is 0. The highest BCUT2D eigenvalue weighted by Gasteiger charge is 2.08.